The molecule has 2 rings (SSSR count). The maximum Gasteiger partial charge on any atom is 0.0711 e. The van der Waals surface area contributed by atoms with E-state index < -0.39 is 0 Å². The van der Waals surface area contributed by atoms with Gasteiger partial charge in [-0.15, -0.1) is 0 Å². The van der Waals surface area contributed by atoms with Gasteiger partial charge in [-0.3, -0.25) is 9.67 Å². The van der Waals surface area contributed by atoms with Crippen molar-refractivity contribution in [2.45, 2.75) is 20.3 Å². The molecule has 2 aromatic heterocycles. The summed E-state index contributed by atoms with van der Waals surface area (Å²) in [4.78, 5) is 4.16. The summed E-state index contributed by atoms with van der Waals surface area (Å²) < 4.78 is 1.92. The van der Waals surface area contributed by atoms with Crippen LogP contribution in [0.3, 0.4) is 0 Å². The molecule has 2 heterocycles. The number of nitrogens with zero attached hydrogens (tertiary/aromatic N) is 3. The van der Waals surface area contributed by atoms with Crippen molar-refractivity contribution in [2.75, 3.05) is 0 Å². The Morgan fingerprint density at radius 1 is 1.33 bits per heavy atom. The second-order valence-corrected chi connectivity index (χ2v) is 3.69. The van der Waals surface area contributed by atoms with E-state index in [-0.39, 0.29) is 0 Å². The number of pyridine rings is 1. The van der Waals surface area contributed by atoms with E-state index in [1.54, 1.807) is 0 Å². The van der Waals surface area contributed by atoms with Crippen molar-refractivity contribution in [1.29, 1.82) is 0 Å². The summed E-state index contributed by atoms with van der Waals surface area (Å²) in [5.74, 6) is 0. The van der Waals surface area contributed by atoms with Crippen molar-refractivity contribution in [3.63, 3.8) is 0 Å². The van der Waals surface area contributed by atoms with Crippen LogP contribution in [0.25, 0.3) is 11.3 Å². The molecule has 0 radical (unpaired) electrons. The molecule has 0 unspecified atom stereocenters. The van der Waals surface area contributed by atoms with E-state index in [1.165, 1.54) is 22.4 Å². The highest BCUT2D eigenvalue weighted by Gasteiger charge is 2.10. The molecule has 0 aliphatic rings. The van der Waals surface area contributed by atoms with Crippen LogP contribution in [-0.4, -0.2) is 14.8 Å². The van der Waals surface area contributed by atoms with Gasteiger partial charge in [-0.1, -0.05) is 6.92 Å². The molecule has 0 saturated carbocycles. The highest BCUT2D eigenvalue weighted by atomic mass is 15.3. The highest BCUT2D eigenvalue weighted by molar-refractivity contribution is 5.66. The van der Waals surface area contributed by atoms with E-state index in [9.17, 15) is 0 Å². The zero-order chi connectivity index (χ0) is 10.8. The first-order valence-corrected chi connectivity index (χ1v) is 5.16. The highest BCUT2D eigenvalue weighted by Crippen LogP contribution is 2.25. The summed E-state index contributed by atoms with van der Waals surface area (Å²) in [6.07, 6.45) is 6.66. The van der Waals surface area contributed by atoms with Gasteiger partial charge in [0.1, 0.15) is 0 Å². The Hall–Kier alpha value is -1.64. The van der Waals surface area contributed by atoms with Gasteiger partial charge in [0.25, 0.3) is 0 Å². The molecule has 3 heteroatoms. The third-order valence-corrected chi connectivity index (χ3v) is 2.66. The van der Waals surface area contributed by atoms with Crippen LogP contribution in [0.4, 0.5) is 0 Å². The largest absolute Gasteiger partial charge is 0.268 e. The quantitative estimate of drug-likeness (QED) is 0.746. The van der Waals surface area contributed by atoms with Crippen LogP contribution in [0.2, 0.25) is 0 Å². The Kier molecular flexibility index (Phi) is 2.54. The Bertz CT molecular complexity index is 452. The van der Waals surface area contributed by atoms with Gasteiger partial charge in [0.05, 0.1) is 11.9 Å². The van der Waals surface area contributed by atoms with Gasteiger partial charge in [-0.05, 0) is 30.5 Å². The molecule has 0 N–H and O–H groups in total. The smallest absolute Gasteiger partial charge is 0.0711 e. The number of aryl methyl sites for hydroxylation is 3. The van der Waals surface area contributed by atoms with Crippen molar-refractivity contribution >= 4 is 0 Å². The third-order valence-electron chi connectivity index (χ3n) is 2.66. The van der Waals surface area contributed by atoms with Crippen molar-refractivity contribution in [2.24, 2.45) is 7.05 Å². The summed E-state index contributed by atoms with van der Waals surface area (Å²) in [6, 6.07) is 2.06. The summed E-state index contributed by atoms with van der Waals surface area (Å²) >= 11 is 0. The minimum Gasteiger partial charge on any atom is -0.268 e. The molecule has 0 saturated heterocycles. The van der Waals surface area contributed by atoms with Crippen molar-refractivity contribution in [3.05, 3.63) is 35.8 Å². The van der Waals surface area contributed by atoms with Crippen molar-refractivity contribution in [3.8, 4) is 11.3 Å². The molecule has 0 amide bonds. The lowest BCUT2D eigenvalue weighted by molar-refractivity contribution is 0.774. The number of aromatic nitrogens is 3. The molecular weight excluding hydrogens is 186 g/mol. The summed E-state index contributed by atoms with van der Waals surface area (Å²) in [6.45, 7) is 4.23. The lowest BCUT2D eigenvalue weighted by Crippen LogP contribution is -1.98. The molecule has 0 aliphatic carbocycles. The number of hydrogen-bond donors (Lipinski definition) is 0. The maximum atomic E-state index is 4.26. The average Bonchev–Trinajstić information content (AvgIpc) is 2.59. The van der Waals surface area contributed by atoms with Gasteiger partial charge in [-0.2, -0.15) is 5.10 Å². The van der Waals surface area contributed by atoms with Crippen molar-refractivity contribution in [1.82, 2.24) is 14.8 Å². The lowest BCUT2D eigenvalue weighted by atomic mass is 10.0. The summed E-state index contributed by atoms with van der Waals surface area (Å²) in [5.41, 5.74) is 4.90. The van der Waals surface area contributed by atoms with E-state index in [2.05, 4.69) is 30.0 Å². The fourth-order valence-corrected chi connectivity index (χ4v) is 1.87. The van der Waals surface area contributed by atoms with Crippen LogP contribution in [0, 0.1) is 6.92 Å². The Balaban J connectivity index is 2.63. The molecule has 0 fully saturated rings. The van der Waals surface area contributed by atoms with E-state index >= 15 is 0 Å². The molecule has 0 bridgehead atoms. The normalized spacial score (nSPS) is 10.6. The first kappa shape index (κ1) is 9.90. The van der Waals surface area contributed by atoms with Crippen LogP contribution in [-0.2, 0) is 13.5 Å². The first-order valence-electron chi connectivity index (χ1n) is 5.16. The van der Waals surface area contributed by atoms with Gasteiger partial charge in [0.2, 0.25) is 0 Å². The molecule has 2 aromatic rings. The molecule has 0 aromatic carbocycles. The van der Waals surface area contributed by atoms with Crippen LogP contribution < -0.4 is 0 Å². The zero-order valence-electron chi connectivity index (χ0n) is 9.36. The fraction of sp³-hybridized carbons (Fsp3) is 0.333. The number of rotatable bonds is 2. The van der Waals surface area contributed by atoms with Gasteiger partial charge < -0.3 is 0 Å². The maximum absolute atomic E-state index is 4.26. The topological polar surface area (TPSA) is 30.7 Å². The van der Waals surface area contributed by atoms with Gasteiger partial charge in [-0.25, -0.2) is 0 Å². The SMILES string of the molecule is CCc1cnccc1-c1c(C)cnn1C. The van der Waals surface area contributed by atoms with Crippen LogP contribution in [0.1, 0.15) is 18.1 Å². The summed E-state index contributed by atoms with van der Waals surface area (Å²) in [7, 11) is 1.97. The second kappa shape index (κ2) is 3.85. The van der Waals surface area contributed by atoms with Gasteiger partial charge >= 0.3 is 0 Å². The molecule has 0 aliphatic heterocycles. The van der Waals surface area contributed by atoms with Crippen LogP contribution in [0.5, 0.6) is 0 Å². The molecule has 0 atom stereocenters. The van der Waals surface area contributed by atoms with E-state index in [0.29, 0.717) is 0 Å². The van der Waals surface area contributed by atoms with E-state index in [0.717, 1.165) is 6.42 Å². The van der Waals surface area contributed by atoms with E-state index in [4.69, 9.17) is 0 Å². The average molecular weight is 201 g/mol. The lowest BCUT2D eigenvalue weighted by Gasteiger charge is -2.08. The molecular formula is C12H15N3. The van der Waals surface area contributed by atoms with Gasteiger partial charge in [0.15, 0.2) is 0 Å². The standard InChI is InChI=1S/C12H15N3/c1-4-10-8-13-6-5-11(10)12-9(2)7-14-15(12)3/h5-8H,4H2,1-3H3. The predicted octanol–water partition coefficient (Wildman–Crippen LogP) is 2.35. The third kappa shape index (κ3) is 1.65. The molecule has 3 nitrogen and oxygen atoms in total. The first-order chi connectivity index (χ1) is 7.24. The predicted molar refractivity (Wildman–Crippen MR) is 60.6 cm³/mol. The monoisotopic (exact) mass is 201 g/mol. The zero-order valence-corrected chi connectivity index (χ0v) is 9.36. The van der Waals surface area contributed by atoms with Gasteiger partial charge in [0, 0.05) is 25.0 Å². The van der Waals surface area contributed by atoms with E-state index in [1.807, 2.05) is 30.3 Å². The number of hydrogen-bond acceptors (Lipinski definition) is 2. The Morgan fingerprint density at radius 2 is 2.13 bits per heavy atom. The Labute approximate surface area is 89.8 Å². The fourth-order valence-electron chi connectivity index (χ4n) is 1.87. The minimum atomic E-state index is 0.994. The second-order valence-electron chi connectivity index (χ2n) is 3.69. The molecule has 0 spiro atoms. The summed E-state index contributed by atoms with van der Waals surface area (Å²) in [5, 5.41) is 4.26. The molecule has 15 heavy (non-hydrogen) atoms. The minimum absolute atomic E-state index is 0.994. The van der Waals surface area contributed by atoms with Crippen LogP contribution >= 0.6 is 0 Å². The van der Waals surface area contributed by atoms with Crippen molar-refractivity contribution < 1.29 is 0 Å². The van der Waals surface area contributed by atoms with Crippen LogP contribution in [0.15, 0.2) is 24.7 Å². The Morgan fingerprint density at radius 3 is 2.73 bits per heavy atom. The molecule has 78 valence electrons.